The molecule has 3 aromatic rings. The minimum atomic E-state index is -4.62. The first kappa shape index (κ1) is 24.5. The van der Waals surface area contributed by atoms with E-state index in [1.165, 1.54) is 23.0 Å². The van der Waals surface area contributed by atoms with E-state index in [9.17, 15) is 30.4 Å². The van der Waals surface area contributed by atoms with Gasteiger partial charge in [0.1, 0.15) is 24.5 Å². The highest BCUT2D eigenvalue weighted by Crippen LogP contribution is 2.50. The molecule has 2 aliphatic carbocycles. The smallest absolute Gasteiger partial charge is 0.303 e. The third kappa shape index (κ3) is 4.24. The van der Waals surface area contributed by atoms with Gasteiger partial charge in [-0.2, -0.15) is 30.6 Å². The quantitative estimate of drug-likeness (QED) is 0.503. The molecule has 2 bridgehead atoms. The first-order valence-electron chi connectivity index (χ1n) is 11.9. The van der Waals surface area contributed by atoms with Gasteiger partial charge in [-0.3, -0.25) is 0 Å². The highest BCUT2D eigenvalue weighted by molar-refractivity contribution is 7.87. The molecule has 3 atom stereocenters. The predicted molar refractivity (Wildman–Crippen MR) is 125 cm³/mol. The number of aromatic nitrogens is 2. The molecule has 2 heterocycles. The first-order valence-corrected chi connectivity index (χ1v) is 13.3. The predicted octanol–water partition coefficient (Wildman–Crippen LogP) is 4.39. The average Bonchev–Trinajstić information content (AvgIpc) is 3.42. The van der Waals surface area contributed by atoms with Crippen LogP contribution < -0.4 is 4.72 Å². The number of fused-ring (bicyclic) bond motifs is 1. The monoisotopic (exact) mass is 538 g/mol. The van der Waals surface area contributed by atoms with Crippen LogP contribution in [-0.4, -0.2) is 47.1 Å². The number of rotatable bonds is 3. The van der Waals surface area contributed by atoms with Crippen LogP contribution in [0.1, 0.15) is 24.0 Å². The lowest BCUT2D eigenvalue weighted by atomic mass is 9.79. The summed E-state index contributed by atoms with van der Waals surface area (Å²) in [5.74, 6) is -1.65. The van der Waals surface area contributed by atoms with Gasteiger partial charge in [-0.15, -0.1) is 0 Å². The van der Waals surface area contributed by atoms with Gasteiger partial charge in [-0.1, -0.05) is 12.1 Å². The van der Waals surface area contributed by atoms with Gasteiger partial charge in [0.25, 0.3) is 10.2 Å². The molecule has 6 nitrogen and oxygen atoms in total. The molecule has 2 aromatic carbocycles. The third-order valence-electron chi connectivity index (χ3n) is 7.98. The van der Waals surface area contributed by atoms with Crippen molar-refractivity contribution in [2.75, 3.05) is 13.1 Å². The topological polar surface area (TPSA) is 67.2 Å². The van der Waals surface area contributed by atoms with E-state index >= 15 is 0 Å². The van der Waals surface area contributed by atoms with E-state index in [1.54, 1.807) is 6.20 Å². The fourth-order valence-electron chi connectivity index (χ4n) is 6.30. The van der Waals surface area contributed by atoms with Crippen LogP contribution in [0.25, 0.3) is 16.9 Å². The van der Waals surface area contributed by atoms with Gasteiger partial charge in [0.15, 0.2) is 0 Å². The summed E-state index contributed by atoms with van der Waals surface area (Å²) in [6.07, 6.45) is 0.998. The number of benzene rings is 2. The van der Waals surface area contributed by atoms with Crippen LogP contribution in [0.2, 0.25) is 0 Å². The maximum atomic E-state index is 14.2. The number of nitrogens with one attached hydrogen (secondary N) is 1. The number of imidazole rings is 1. The van der Waals surface area contributed by atoms with E-state index in [0.29, 0.717) is 22.8 Å². The summed E-state index contributed by atoms with van der Waals surface area (Å²) in [6, 6.07) is 9.09. The summed E-state index contributed by atoms with van der Waals surface area (Å²) in [5.41, 5.74) is 2.61. The van der Waals surface area contributed by atoms with Crippen LogP contribution in [0.15, 0.2) is 48.9 Å². The van der Waals surface area contributed by atoms with E-state index in [1.807, 2.05) is 18.2 Å². The van der Waals surface area contributed by atoms with E-state index in [4.69, 9.17) is 0 Å². The van der Waals surface area contributed by atoms with E-state index in [2.05, 4.69) is 9.71 Å². The SMILES string of the molecule is O=S1(=O)N[C@@]2(CN1CC(F)(F)F)[C@@H]1CC[C@H]2Cc2ccc(-c3cn(-c4ccc(F)cc4F)cn3)cc2C1. The molecular formula is C25H23F5N4O2S. The molecule has 196 valence electrons. The minimum Gasteiger partial charge on any atom is -0.303 e. The highest BCUT2D eigenvalue weighted by Gasteiger charge is 2.60. The molecule has 1 spiro atoms. The molecule has 0 unspecified atom stereocenters. The molecule has 1 aromatic heterocycles. The third-order valence-corrected chi connectivity index (χ3v) is 9.55. The van der Waals surface area contributed by atoms with Crippen LogP contribution in [0.4, 0.5) is 22.0 Å². The molecule has 37 heavy (non-hydrogen) atoms. The number of alkyl halides is 3. The van der Waals surface area contributed by atoms with E-state index in [-0.39, 0.29) is 24.1 Å². The lowest BCUT2D eigenvalue weighted by molar-refractivity contribution is -0.136. The standard InChI is InChI=1S/C25H23F5N4O2S/c26-20-5-6-23(21(27)10-20)33-11-22(31-14-33)16-2-1-15-8-18-3-4-19(9-17(15)7-16)24(18)12-34(13-25(28,29)30)37(35,36)32-24/h1-2,5-7,10-11,14,18-19,32H,3-4,8-9,12-13H2/t18-,19+,24+/m0/s1. The lowest BCUT2D eigenvalue weighted by Gasteiger charge is -2.33. The zero-order valence-corrected chi connectivity index (χ0v) is 20.3. The Morgan fingerprint density at radius 1 is 1.03 bits per heavy atom. The summed E-state index contributed by atoms with van der Waals surface area (Å²) in [4.78, 5) is 4.38. The number of halogens is 5. The fraction of sp³-hybridized carbons (Fsp3) is 0.400. The number of hydrogen-bond donors (Lipinski definition) is 1. The Labute approximate surface area is 210 Å². The average molecular weight is 539 g/mol. The van der Waals surface area contributed by atoms with Gasteiger partial charge >= 0.3 is 6.18 Å². The van der Waals surface area contributed by atoms with Crippen molar-refractivity contribution in [3.05, 3.63) is 71.7 Å². The molecule has 1 saturated heterocycles. The van der Waals surface area contributed by atoms with Gasteiger partial charge < -0.3 is 4.57 Å². The molecule has 6 rings (SSSR count). The summed E-state index contributed by atoms with van der Waals surface area (Å²) >= 11 is 0. The second-order valence-electron chi connectivity index (χ2n) is 10.2. The molecule has 0 amide bonds. The van der Waals surface area contributed by atoms with Crippen molar-refractivity contribution >= 4 is 10.2 Å². The van der Waals surface area contributed by atoms with Crippen molar-refractivity contribution in [1.29, 1.82) is 0 Å². The maximum absolute atomic E-state index is 14.2. The van der Waals surface area contributed by atoms with E-state index in [0.717, 1.165) is 35.6 Å². The van der Waals surface area contributed by atoms with Crippen molar-refractivity contribution in [3.8, 4) is 16.9 Å². The summed E-state index contributed by atoms with van der Waals surface area (Å²) in [6.45, 7) is -1.70. The molecule has 1 aliphatic heterocycles. The molecule has 3 aliphatic rings. The lowest BCUT2D eigenvalue weighted by Crippen LogP contribution is -2.52. The molecule has 0 radical (unpaired) electrons. The molecule has 12 heteroatoms. The Kier molecular flexibility index (Phi) is 5.52. The van der Waals surface area contributed by atoms with Crippen LogP contribution in [0.5, 0.6) is 0 Å². The van der Waals surface area contributed by atoms with Crippen LogP contribution in [-0.2, 0) is 23.1 Å². The van der Waals surface area contributed by atoms with Crippen molar-refractivity contribution < 1.29 is 30.4 Å². The van der Waals surface area contributed by atoms with Crippen molar-refractivity contribution in [1.82, 2.24) is 18.6 Å². The van der Waals surface area contributed by atoms with Crippen LogP contribution in [0.3, 0.4) is 0 Å². The molecule has 1 N–H and O–H groups in total. The summed E-state index contributed by atoms with van der Waals surface area (Å²) < 4.78 is 96.8. The largest absolute Gasteiger partial charge is 0.402 e. The van der Waals surface area contributed by atoms with Crippen molar-refractivity contribution in [3.63, 3.8) is 0 Å². The maximum Gasteiger partial charge on any atom is 0.402 e. The second kappa shape index (κ2) is 8.34. The highest BCUT2D eigenvalue weighted by atomic mass is 32.2. The Morgan fingerprint density at radius 2 is 1.76 bits per heavy atom. The minimum absolute atomic E-state index is 0.113. The van der Waals surface area contributed by atoms with Gasteiger partial charge in [0.2, 0.25) is 0 Å². The Balaban J connectivity index is 1.29. The Bertz CT molecular complexity index is 1490. The van der Waals surface area contributed by atoms with E-state index < -0.39 is 40.1 Å². The number of nitrogens with zero attached hydrogens (tertiary/aromatic N) is 3. The summed E-state index contributed by atoms with van der Waals surface area (Å²) in [7, 11) is -4.24. The van der Waals surface area contributed by atoms with Crippen LogP contribution >= 0.6 is 0 Å². The molecular weight excluding hydrogens is 515 g/mol. The van der Waals surface area contributed by atoms with Gasteiger partial charge in [-0.25, -0.2) is 13.8 Å². The van der Waals surface area contributed by atoms with Gasteiger partial charge in [0.05, 0.1) is 16.9 Å². The molecule has 1 saturated carbocycles. The zero-order valence-electron chi connectivity index (χ0n) is 19.5. The summed E-state index contributed by atoms with van der Waals surface area (Å²) in [5, 5.41) is 0. The Morgan fingerprint density at radius 3 is 2.46 bits per heavy atom. The fourth-order valence-corrected chi connectivity index (χ4v) is 8.01. The van der Waals surface area contributed by atoms with Crippen molar-refractivity contribution in [2.24, 2.45) is 11.8 Å². The van der Waals surface area contributed by atoms with Crippen LogP contribution in [0, 0.1) is 23.5 Å². The van der Waals surface area contributed by atoms with Gasteiger partial charge in [0, 0.05) is 24.4 Å². The second-order valence-corrected chi connectivity index (χ2v) is 11.8. The van der Waals surface area contributed by atoms with Crippen molar-refractivity contribution in [2.45, 2.75) is 37.4 Å². The molecule has 2 fully saturated rings. The van der Waals surface area contributed by atoms with Gasteiger partial charge in [-0.05, 0) is 66.8 Å². The Hall–Kier alpha value is -2.83. The normalized spacial score (nSPS) is 26.9. The zero-order chi connectivity index (χ0) is 26.2. The number of hydrogen-bond acceptors (Lipinski definition) is 3. The first-order chi connectivity index (χ1) is 17.4.